The van der Waals surface area contributed by atoms with Crippen LogP contribution in [-0.4, -0.2) is 22.5 Å². The molecule has 0 radical (unpaired) electrons. The van der Waals surface area contributed by atoms with Crippen molar-refractivity contribution in [1.29, 1.82) is 0 Å². The number of thioether (sulfide) groups is 1. The number of carbonyl (C=O) groups is 1. The Labute approximate surface area is 119 Å². The summed E-state index contributed by atoms with van der Waals surface area (Å²) < 4.78 is 4.90. The smallest absolute Gasteiger partial charge is 0.367 e. The van der Waals surface area contributed by atoms with Crippen LogP contribution in [0.3, 0.4) is 0 Å². The van der Waals surface area contributed by atoms with E-state index in [0.717, 1.165) is 10.6 Å². The van der Waals surface area contributed by atoms with Crippen LogP contribution < -0.4 is 5.73 Å². The van der Waals surface area contributed by atoms with Gasteiger partial charge in [-0.3, -0.25) is 4.98 Å². The molecule has 0 bridgehead atoms. The molecule has 2 aromatic rings. The monoisotopic (exact) mass is 295 g/mol. The van der Waals surface area contributed by atoms with Crippen LogP contribution in [0.5, 0.6) is 0 Å². The standard InChI is InChI=1S/C12H13N3O2S2/c1-2-17-12(16)11-15-8(7-19-11)6-18-10-3-4-14-5-9(10)13/h3-5,7H,2,6,13H2,1H3. The lowest BCUT2D eigenvalue weighted by molar-refractivity contribution is 0.0525. The van der Waals surface area contributed by atoms with Gasteiger partial charge < -0.3 is 10.5 Å². The summed E-state index contributed by atoms with van der Waals surface area (Å²) in [4.78, 5) is 20.6. The number of esters is 1. The number of rotatable bonds is 5. The Morgan fingerprint density at radius 3 is 3.16 bits per heavy atom. The normalized spacial score (nSPS) is 10.4. The first-order valence-corrected chi connectivity index (χ1v) is 7.51. The molecule has 5 nitrogen and oxygen atoms in total. The average molecular weight is 295 g/mol. The summed E-state index contributed by atoms with van der Waals surface area (Å²) in [5.74, 6) is 0.289. The first kappa shape index (κ1) is 13.8. The van der Waals surface area contributed by atoms with E-state index in [0.29, 0.717) is 23.1 Å². The Hall–Kier alpha value is -1.60. The van der Waals surface area contributed by atoms with Gasteiger partial charge in [0.15, 0.2) is 0 Å². The molecule has 2 aromatic heterocycles. The molecule has 0 spiro atoms. The van der Waals surface area contributed by atoms with Crippen LogP contribution in [0.25, 0.3) is 0 Å². The van der Waals surface area contributed by atoms with E-state index in [4.69, 9.17) is 10.5 Å². The molecule has 0 aliphatic carbocycles. The highest BCUT2D eigenvalue weighted by Gasteiger charge is 2.12. The molecule has 19 heavy (non-hydrogen) atoms. The van der Waals surface area contributed by atoms with E-state index in [1.54, 1.807) is 31.1 Å². The van der Waals surface area contributed by atoms with Gasteiger partial charge in [0, 0.05) is 22.2 Å². The van der Waals surface area contributed by atoms with Crippen molar-refractivity contribution < 1.29 is 9.53 Å². The van der Waals surface area contributed by atoms with Gasteiger partial charge in [-0.2, -0.15) is 0 Å². The van der Waals surface area contributed by atoms with Crippen LogP contribution in [0.2, 0.25) is 0 Å². The van der Waals surface area contributed by atoms with E-state index < -0.39 is 0 Å². The lowest BCUT2D eigenvalue weighted by Gasteiger charge is -2.02. The number of nitrogens with two attached hydrogens (primary N) is 1. The summed E-state index contributed by atoms with van der Waals surface area (Å²) in [5, 5.41) is 2.25. The summed E-state index contributed by atoms with van der Waals surface area (Å²) in [6.07, 6.45) is 3.32. The number of anilines is 1. The maximum absolute atomic E-state index is 11.5. The number of aromatic nitrogens is 2. The van der Waals surface area contributed by atoms with Gasteiger partial charge in [-0.15, -0.1) is 23.1 Å². The van der Waals surface area contributed by atoms with Crippen molar-refractivity contribution in [2.75, 3.05) is 12.3 Å². The zero-order valence-corrected chi connectivity index (χ0v) is 12.0. The molecule has 0 atom stereocenters. The number of hydrogen-bond acceptors (Lipinski definition) is 7. The Bertz CT molecular complexity index is 572. The number of pyridine rings is 1. The third-order valence-electron chi connectivity index (χ3n) is 2.19. The minimum absolute atomic E-state index is 0.357. The maximum atomic E-state index is 11.5. The lowest BCUT2D eigenvalue weighted by Crippen LogP contribution is -2.03. The van der Waals surface area contributed by atoms with Crippen molar-refractivity contribution in [3.8, 4) is 0 Å². The summed E-state index contributed by atoms with van der Waals surface area (Å²) in [7, 11) is 0. The summed E-state index contributed by atoms with van der Waals surface area (Å²) in [6.45, 7) is 2.13. The summed E-state index contributed by atoms with van der Waals surface area (Å²) >= 11 is 2.86. The van der Waals surface area contributed by atoms with Gasteiger partial charge in [0.25, 0.3) is 0 Å². The molecular formula is C12H13N3O2S2. The summed E-state index contributed by atoms with van der Waals surface area (Å²) in [6, 6.07) is 1.86. The highest BCUT2D eigenvalue weighted by Crippen LogP contribution is 2.27. The third kappa shape index (κ3) is 3.68. The zero-order chi connectivity index (χ0) is 13.7. The topological polar surface area (TPSA) is 78.1 Å². The molecule has 0 fully saturated rings. The second-order valence-electron chi connectivity index (χ2n) is 3.57. The Kier molecular flexibility index (Phi) is 4.75. The van der Waals surface area contributed by atoms with Gasteiger partial charge in [-0.25, -0.2) is 9.78 Å². The fourth-order valence-electron chi connectivity index (χ4n) is 1.34. The van der Waals surface area contributed by atoms with Crippen molar-refractivity contribution in [3.05, 3.63) is 34.5 Å². The molecule has 100 valence electrons. The Morgan fingerprint density at radius 2 is 2.42 bits per heavy atom. The first-order chi connectivity index (χ1) is 9.20. The number of nitrogen functional groups attached to an aromatic ring is 1. The number of ether oxygens (including phenoxy) is 1. The lowest BCUT2D eigenvalue weighted by atomic mass is 10.4. The fraction of sp³-hybridized carbons (Fsp3) is 0.250. The van der Waals surface area contributed by atoms with Gasteiger partial charge in [0.1, 0.15) is 0 Å². The number of hydrogen-bond donors (Lipinski definition) is 1. The molecule has 2 N–H and O–H groups in total. The summed E-state index contributed by atoms with van der Waals surface area (Å²) in [5.41, 5.74) is 7.29. The zero-order valence-electron chi connectivity index (χ0n) is 10.3. The molecule has 2 rings (SSSR count). The van der Waals surface area contributed by atoms with Crippen LogP contribution in [0.1, 0.15) is 22.4 Å². The molecule has 0 aromatic carbocycles. The Morgan fingerprint density at radius 1 is 1.58 bits per heavy atom. The van der Waals surface area contributed by atoms with E-state index in [2.05, 4.69) is 9.97 Å². The predicted octanol–water partition coefficient (Wildman–Crippen LogP) is 2.59. The predicted molar refractivity (Wildman–Crippen MR) is 76.3 cm³/mol. The van der Waals surface area contributed by atoms with Gasteiger partial charge >= 0.3 is 5.97 Å². The largest absolute Gasteiger partial charge is 0.461 e. The second-order valence-corrected chi connectivity index (χ2v) is 5.44. The van der Waals surface area contributed by atoms with Gasteiger partial charge in [-0.1, -0.05) is 0 Å². The molecule has 0 aliphatic heterocycles. The molecule has 0 aliphatic rings. The minimum atomic E-state index is -0.368. The van der Waals surface area contributed by atoms with E-state index in [-0.39, 0.29) is 5.97 Å². The van der Waals surface area contributed by atoms with Crippen LogP contribution >= 0.6 is 23.1 Å². The van der Waals surface area contributed by atoms with Crippen LogP contribution in [0.15, 0.2) is 28.7 Å². The first-order valence-electron chi connectivity index (χ1n) is 5.64. The highest BCUT2D eigenvalue weighted by molar-refractivity contribution is 7.98. The van der Waals surface area contributed by atoms with Gasteiger partial charge in [0.05, 0.1) is 24.2 Å². The molecule has 2 heterocycles. The van der Waals surface area contributed by atoms with Gasteiger partial charge in [0.2, 0.25) is 5.01 Å². The quantitative estimate of drug-likeness (QED) is 0.675. The molecule has 7 heteroatoms. The van der Waals surface area contributed by atoms with Crippen molar-refractivity contribution in [2.24, 2.45) is 0 Å². The number of nitrogens with zero attached hydrogens (tertiary/aromatic N) is 2. The molecule has 0 saturated heterocycles. The van der Waals surface area contributed by atoms with Crippen molar-refractivity contribution in [1.82, 2.24) is 9.97 Å². The van der Waals surface area contributed by atoms with Gasteiger partial charge in [-0.05, 0) is 13.0 Å². The minimum Gasteiger partial charge on any atom is -0.461 e. The molecule has 0 unspecified atom stereocenters. The molecular weight excluding hydrogens is 282 g/mol. The maximum Gasteiger partial charge on any atom is 0.367 e. The van der Waals surface area contributed by atoms with Crippen molar-refractivity contribution >= 4 is 34.8 Å². The van der Waals surface area contributed by atoms with E-state index >= 15 is 0 Å². The van der Waals surface area contributed by atoms with E-state index in [9.17, 15) is 4.79 Å². The van der Waals surface area contributed by atoms with Crippen LogP contribution in [0.4, 0.5) is 5.69 Å². The van der Waals surface area contributed by atoms with Crippen LogP contribution in [-0.2, 0) is 10.5 Å². The second kappa shape index (κ2) is 6.53. The van der Waals surface area contributed by atoms with Crippen molar-refractivity contribution in [2.45, 2.75) is 17.6 Å². The molecule has 0 saturated carbocycles. The van der Waals surface area contributed by atoms with E-state index in [1.807, 2.05) is 11.4 Å². The van der Waals surface area contributed by atoms with Crippen molar-refractivity contribution in [3.63, 3.8) is 0 Å². The average Bonchev–Trinajstić information content (AvgIpc) is 2.87. The number of carbonyl (C=O) groups excluding carboxylic acids is 1. The van der Waals surface area contributed by atoms with E-state index in [1.165, 1.54) is 11.3 Å². The SMILES string of the molecule is CCOC(=O)c1nc(CSc2ccncc2N)cs1. The Balaban J connectivity index is 1.97. The third-order valence-corrected chi connectivity index (χ3v) is 4.18. The van der Waals surface area contributed by atoms with Crippen LogP contribution in [0, 0.1) is 0 Å². The molecule has 0 amide bonds. The highest BCUT2D eigenvalue weighted by atomic mass is 32.2. The fourth-order valence-corrected chi connectivity index (χ4v) is 2.98. The number of thiazole rings is 1.